The molecule has 5 heteroatoms. The molecule has 1 aromatic carbocycles. The fourth-order valence-electron chi connectivity index (χ4n) is 1.69. The van der Waals surface area contributed by atoms with Crippen LogP contribution in [0.15, 0.2) is 42.5 Å². The zero-order chi connectivity index (χ0) is 16.0. The first-order valence-electron chi connectivity index (χ1n) is 6.56. The van der Waals surface area contributed by atoms with Gasteiger partial charge in [-0.2, -0.15) is 0 Å². The van der Waals surface area contributed by atoms with E-state index in [1.165, 1.54) is 7.11 Å². The number of alkyl carbamates (subject to hydrolysis) is 1. The lowest BCUT2D eigenvalue weighted by atomic mass is 10.00. The van der Waals surface area contributed by atoms with E-state index in [-0.39, 0.29) is 5.57 Å². The Labute approximate surface area is 124 Å². The Bertz CT molecular complexity index is 517. The summed E-state index contributed by atoms with van der Waals surface area (Å²) in [5, 5.41) is 2.64. The number of hydrogen-bond donors (Lipinski definition) is 1. The van der Waals surface area contributed by atoms with E-state index in [4.69, 9.17) is 4.74 Å². The molecule has 114 valence electrons. The van der Waals surface area contributed by atoms with Crippen molar-refractivity contribution in [3.8, 4) is 0 Å². The Hall–Kier alpha value is -2.30. The molecule has 0 fully saturated rings. The van der Waals surface area contributed by atoms with Crippen LogP contribution in [0, 0.1) is 0 Å². The minimum atomic E-state index is -0.700. The molecule has 0 saturated heterocycles. The number of ether oxygens (including phenoxy) is 2. The van der Waals surface area contributed by atoms with Crippen LogP contribution in [0.4, 0.5) is 4.79 Å². The summed E-state index contributed by atoms with van der Waals surface area (Å²) in [7, 11) is 1.27. The molecule has 0 saturated carbocycles. The summed E-state index contributed by atoms with van der Waals surface area (Å²) < 4.78 is 9.88. The maximum Gasteiger partial charge on any atom is 0.408 e. The molecule has 0 aliphatic heterocycles. The number of hydrogen-bond acceptors (Lipinski definition) is 4. The second-order valence-electron chi connectivity index (χ2n) is 5.51. The summed E-state index contributed by atoms with van der Waals surface area (Å²) in [5.41, 5.74) is 0.228. The van der Waals surface area contributed by atoms with Crippen molar-refractivity contribution < 1.29 is 19.1 Å². The van der Waals surface area contributed by atoms with E-state index in [0.717, 1.165) is 5.56 Å². The molecule has 0 bridgehead atoms. The molecule has 0 radical (unpaired) electrons. The van der Waals surface area contributed by atoms with Gasteiger partial charge >= 0.3 is 12.1 Å². The number of rotatable bonds is 4. The smallest absolute Gasteiger partial charge is 0.408 e. The zero-order valence-electron chi connectivity index (χ0n) is 12.8. The van der Waals surface area contributed by atoms with E-state index in [1.54, 1.807) is 32.9 Å². The van der Waals surface area contributed by atoms with Gasteiger partial charge in [0.05, 0.1) is 18.7 Å². The van der Waals surface area contributed by atoms with Crippen LogP contribution in [0.25, 0.3) is 0 Å². The highest BCUT2D eigenvalue weighted by Gasteiger charge is 2.25. The van der Waals surface area contributed by atoms with Crippen LogP contribution >= 0.6 is 0 Å². The van der Waals surface area contributed by atoms with E-state index < -0.39 is 23.7 Å². The van der Waals surface area contributed by atoms with E-state index in [0.29, 0.717) is 0 Å². The highest BCUT2D eigenvalue weighted by molar-refractivity contribution is 5.90. The van der Waals surface area contributed by atoms with Crippen molar-refractivity contribution in [3.63, 3.8) is 0 Å². The highest BCUT2D eigenvalue weighted by atomic mass is 16.6. The first-order chi connectivity index (χ1) is 9.74. The minimum absolute atomic E-state index is 0.134. The average Bonchev–Trinajstić information content (AvgIpc) is 2.42. The standard InChI is InChI=1S/C16H21NO4/c1-11(14(18)20-5)13(12-9-7-6-8-10-12)17-15(19)21-16(2,3)4/h6-10,13H,1H2,2-5H3,(H,17,19). The lowest BCUT2D eigenvalue weighted by Crippen LogP contribution is -2.36. The maximum atomic E-state index is 11.9. The van der Waals surface area contributed by atoms with Crippen LogP contribution in [-0.4, -0.2) is 24.8 Å². The molecule has 1 amide bonds. The summed E-state index contributed by atoms with van der Waals surface area (Å²) in [5.74, 6) is -0.583. The molecule has 1 aromatic rings. The Balaban J connectivity index is 2.96. The third-order valence-electron chi connectivity index (χ3n) is 2.59. The number of methoxy groups -OCH3 is 1. The summed E-state index contributed by atoms with van der Waals surface area (Å²) >= 11 is 0. The number of esters is 1. The molecule has 0 aliphatic rings. The van der Waals surface area contributed by atoms with Crippen molar-refractivity contribution in [1.82, 2.24) is 5.32 Å². The van der Waals surface area contributed by atoms with Crippen molar-refractivity contribution in [2.24, 2.45) is 0 Å². The lowest BCUT2D eigenvalue weighted by Gasteiger charge is -2.24. The van der Waals surface area contributed by atoms with E-state index in [1.807, 2.05) is 18.2 Å². The normalized spacial score (nSPS) is 12.2. The van der Waals surface area contributed by atoms with Gasteiger partial charge in [-0.3, -0.25) is 0 Å². The highest BCUT2D eigenvalue weighted by Crippen LogP contribution is 2.22. The zero-order valence-corrected chi connectivity index (χ0v) is 12.8. The van der Waals surface area contributed by atoms with Crippen LogP contribution in [0.2, 0.25) is 0 Å². The maximum absolute atomic E-state index is 11.9. The molecule has 21 heavy (non-hydrogen) atoms. The van der Waals surface area contributed by atoms with E-state index >= 15 is 0 Å². The van der Waals surface area contributed by atoms with Crippen molar-refractivity contribution in [2.75, 3.05) is 7.11 Å². The van der Waals surface area contributed by atoms with Crippen LogP contribution in [0.5, 0.6) is 0 Å². The average molecular weight is 291 g/mol. The topological polar surface area (TPSA) is 64.6 Å². The van der Waals surface area contributed by atoms with Crippen molar-refractivity contribution in [3.05, 3.63) is 48.0 Å². The van der Waals surface area contributed by atoms with Gasteiger partial charge in [0, 0.05) is 0 Å². The molecular weight excluding hydrogens is 270 g/mol. The van der Waals surface area contributed by atoms with E-state index in [9.17, 15) is 9.59 Å². The molecule has 1 unspecified atom stereocenters. The van der Waals surface area contributed by atoms with Gasteiger partial charge in [0.25, 0.3) is 0 Å². The third-order valence-corrected chi connectivity index (χ3v) is 2.59. The molecular formula is C16H21NO4. The molecule has 5 nitrogen and oxygen atoms in total. The molecule has 1 N–H and O–H groups in total. The van der Waals surface area contributed by atoms with Crippen molar-refractivity contribution >= 4 is 12.1 Å². The van der Waals surface area contributed by atoms with Gasteiger partial charge in [-0.05, 0) is 26.3 Å². The van der Waals surface area contributed by atoms with Gasteiger partial charge in [-0.25, -0.2) is 9.59 Å². The van der Waals surface area contributed by atoms with Gasteiger partial charge in [0.2, 0.25) is 0 Å². The molecule has 0 aromatic heterocycles. The number of carbonyl (C=O) groups excluding carboxylic acids is 2. The largest absolute Gasteiger partial charge is 0.466 e. The first-order valence-corrected chi connectivity index (χ1v) is 6.56. The number of amides is 1. The quantitative estimate of drug-likeness (QED) is 0.684. The van der Waals surface area contributed by atoms with Crippen molar-refractivity contribution in [2.45, 2.75) is 32.4 Å². The summed E-state index contributed by atoms with van der Waals surface area (Å²) in [4.78, 5) is 23.6. The molecule has 1 atom stereocenters. The molecule has 1 rings (SSSR count). The Morgan fingerprint density at radius 2 is 1.76 bits per heavy atom. The summed E-state index contributed by atoms with van der Waals surface area (Å²) in [6, 6.07) is 8.34. The molecule has 0 aliphatic carbocycles. The molecule has 0 heterocycles. The minimum Gasteiger partial charge on any atom is -0.466 e. The third kappa shape index (κ3) is 5.30. The molecule has 0 spiro atoms. The van der Waals surface area contributed by atoms with Gasteiger partial charge in [0.1, 0.15) is 5.60 Å². The van der Waals surface area contributed by atoms with Gasteiger partial charge in [0.15, 0.2) is 0 Å². The number of nitrogens with one attached hydrogen (secondary N) is 1. The fourth-order valence-corrected chi connectivity index (χ4v) is 1.69. The number of benzene rings is 1. The van der Waals surface area contributed by atoms with Crippen LogP contribution in [0.3, 0.4) is 0 Å². The van der Waals surface area contributed by atoms with E-state index in [2.05, 4.69) is 16.6 Å². The predicted molar refractivity (Wildman–Crippen MR) is 79.7 cm³/mol. The fraction of sp³-hybridized carbons (Fsp3) is 0.375. The van der Waals surface area contributed by atoms with Crippen LogP contribution < -0.4 is 5.32 Å². The van der Waals surface area contributed by atoms with Gasteiger partial charge in [-0.1, -0.05) is 36.9 Å². The Morgan fingerprint density at radius 1 is 1.19 bits per heavy atom. The van der Waals surface area contributed by atoms with Gasteiger partial charge < -0.3 is 14.8 Å². The Kier molecular flexibility index (Phi) is 5.52. The first kappa shape index (κ1) is 16.8. The van der Waals surface area contributed by atoms with Crippen molar-refractivity contribution in [1.29, 1.82) is 0 Å². The second-order valence-corrected chi connectivity index (χ2v) is 5.51. The number of carbonyl (C=O) groups is 2. The Morgan fingerprint density at radius 3 is 2.24 bits per heavy atom. The summed E-state index contributed by atoms with van der Waals surface area (Å²) in [6.45, 7) is 9.00. The van der Waals surface area contributed by atoms with Crippen LogP contribution in [-0.2, 0) is 14.3 Å². The lowest BCUT2D eigenvalue weighted by molar-refractivity contribution is -0.136. The van der Waals surface area contributed by atoms with Gasteiger partial charge in [-0.15, -0.1) is 0 Å². The monoisotopic (exact) mass is 291 g/mol. The SMILES string of the molecule is C=C(C(=O)OC)C(NC(=O)OC(C)(C)C)c1ccccc1. The second kappa shape index (κ2) is 6.92. The predicted octanol–water partition coefficient (Wildman–Crippen LogP) is 2.98. The summed E-state index contributed by atoms with van der Waals surface area (Å²) in [6.07, 6.45) is -0.624. The van der Waals surface area contributed by atoms with Crippen LogP contribution in [0.1, 0.15) is 32.4 Å².